The van der Waals surface area contributed by atoms with Crippen LogP contribution in [0.4, 0.5) is 0 Å². The van der Waals surface area contributed by atoms with Crippen LogP contribution in [0, 0.1) is 0 Å². The van der Waals surface area contributed by atoms with Gasteiger partial charge in [0, 0.05) is 12.1 Å². The molecule has 0 fully saturated rings. The molecule has 0 aliphatic rings. The van der Waals surface area contributed by atoms with Gasteiger partial charge in [0.15, 0.2) is 5.69 Å². The average molecular weight is 343 g/mol. The van der Waals surface area contributed by atoms with E-state index < -0.39 is 11.3 Å². The first-order chi connectivity index (χ1) is 11.6. The lowest BCUT2D eigenvalue weighted by Crippen LogP contribution is -2.38. The van der Waals surface area contributed by atoms with Gasteiger partial charge >= 0.3 is 0 Å². The van der Waals surface area contributed by atoms with Crippen molar-refractivity contribution < 1.29 is 4.79 Å². The molecule has 3 rings (SSSR count). The maximum absolute atomic E-state index is 12.6. The third kappa shape index (κ3) is 3.15. The Morgan fingerprint density at radius 1 is 1.21 bits per heavy atom. The van der Waals surface area contributed by atoms with Gasteiger partial charge in [0.2, 0.25) is 5.43 Å². The maximum Gasteiger partial charge on any atom is 0.289 e. The molecule has 0 saturated heterocycles. The van der Waals surface area contributed by atoms with Crippen LogP contribution in [0.25, 0.3) is 10.9 Å². The van der Waals surface area contributed by atoms with Crippen molar-refractivity contribution in [1.29, 1.82) is 0 Å². The number of amides is 1. The van der Waals surface area contributed by atoms with E-state index in [1.54, 1.807) is 22.9 Å². The first kappa shape index (κ1) is 16.2. The fraction of sp³-hybridized carbons (Fsp3) is 0.118. The molecule has 2 N–H and O–H groups in total. The van der Waals surface area contributed by atoms with E-state index in [-0.39, 0.29) is 5.69 Å². The van der Waals surface area contributed by atoms with Crippen LogP contribution in [0.5, 0.6) is 0 Å². The highest BCUT2D eigenvalue weighted by atomic mass is 35.5. The second-order valence-corrected chi connectivity index (χ2v) is 5.62. The number of carbonyl (C=O) groups excluding carboxylic acids is 1. The van der Waals surface area contributed by atoms with E-state index in [0.29, 0.717) is 22.5 Å². The number of nitrogens with one attached hydrogen (secondary N) is 2. The molecule has 6 nitrogen and oxygen atoms in total. The molecule has 7 heteroatoms. The third-order valence-corrected chi connectivity index (χ3v) is 3.78. The molecule has 2 aromatic carbocycles. The van der Waals surface area contributed by atoms with Crippen molar-refractivity contribution in [3.8, 4) is 0 Å². The minimum absolute atomic E-state index is 0.185. The quantitative estimate of drug-likeness (QED) is 0.711. The van der Waals surface area contributed by atoms with Gasteiger partial charge < -0.3 is 0 Å². The smallest absolute Gasteiger partial charge is 0.286 e. The van der Waals surface area contributed by atoms with Gasteiger partial charge in [-0.1, -0.05) is 41.9 Å². The van der Waals surface area contributed by atoms with E-state index in [9.17, 15) is 9.59 Å². The molecule has 0 atom stereocenters. The molecule has 0 aliphatic heterocycles. The summed E-state index contributed by atoms with van der Waals surface area (Å²) in [5, 5.41) is 5.04. The fourth-order valence-electron chi connectivity index (χ4n) is 2.46. The summed E-state index contributed by atoms with van der Waals surface area (Å²) in [5.74, 6) is -0.591. The second-order valence-electron chi connectivity index (χ2n) is 5.19. The van der Waals surface area contributed by atoms with Crippen LogP contribution in [-0.2, 0) is 6.54 Å². The van der Waals surface area contributed by atoms with Crippen LogP contribution in [-0.4, -0.2) is 22.7 Å². The number of aromatic nitrogens is 2. The molecule has 0 saturated carbocycles. The normalized spacial score (nSPS) is 10.8. The van der Waals surface area contributed by atoms with Crippen LogP contribution >= 0.6 is 11.6 Å². The number of halogens is 1. The molecule has 122 valence electrons. The zero-order valence-electron chi connectivity index (χ0n) is 12.9. The van der Waals surface area contributed by atoms with Crippen LogP contribution in [0.3, 0.4) is 0 Å². The predicted octanol–water partition coefficient (Wildman–Crippen LogP) is 1.96. The Balaban J connectivity index is 2.21. The van der Waals surface area contributed by atoms with E-state index in [1.807, 2.05) is 30.3 Å². The molecule has 1 heterocycles. The predicted molar refractivity (Wildman–Crippen MR) is 93.1 cm³/mol. The zero-order chi connectivity index (χ0) is 17.1. The summed E-state index contributed by atoms with van der Waals surface area (Å²) in [7, 11) is 1.54. The van der Waals surface area contributed by atoms with Crippen molar-refractivity contribution in [2.24, 2.45) is 0 Å². The SMILES string of the molecule is CNNC(=O)c1nn(Cc2ccccc2)c2ccc(Cl)cc2c1=O. The average Bonchev–Trinajstić information content (AvgIpc) is 2.58. The van der Waals surface area contributed by atoms with Gasteiger partial charge in [-0.25, -0.2) is 5.43 Å². The van der Waals surface area contributed by atoms with Crippen LogP contribution < -0.4 is 16.3 Å². The lowest BCUT2D eigenvalue weighted by molar-refractivity contribution is 0.0930. The third-order valence-electron chi connectivity index (χ3n) is 3.55. The Labute approximate surface area is 143 Å². The van der Waals surface area contributed by atoms with Gasteiger partial charge in [0.1, 0.15) is 0 Å². The Kier molecular flexibility index (Phi) is 4.59. The second kappa shape index (κ2) is 6.82. The van der Waals surface area contributed by atoms with Crippen LogP contribution in [0.1, 0.15) is 16.1 Å². The summed E-state index contributed by atoms with van der Waals surface area (Å²) in [6, 6.07) is 14.7. The maximum atomic E-state index is 12.6. The lowest BCUT2D eigenvalue weighted by Gasteiger charge is -2.12. The molecule has 0 unspecified atom stereocenters. The summed E-state index contributed by atoms with van der Waals surface area (Å²) in [5.41, 5.74) is 5.87. The van der Waals surface area contributed by atoms with Crippen molar-refractivity contribution in [2.45, 2.75) is 6.54 Å². The molecule has 0 aliphatic carbocycles. The molecule has 0 spiro atoms. The molecule has 0 radical (unpaired) electrons. The lowest BCUT2D eigenvalue weighted by atomic mass is 10.1. The van der Waals surface area contributed by atoms with E-state index in [1.165, 1.54) is 7.05 Å². The van der Waals surface area contributed by atoms with E-state index in [4.69, 9.17) is 11.6 Å². The first-order valence-corrected chi connectivity index (χ1v) is 7.69. The number of benzene rings is 2. The number of rotatable bonds is 4. The molecule has 3 aromatic rings. The highest BCUT2D eigenvalue weighted by Gasteiger charge is 2.17. The van der Waals surface area contributed by atoms with Gasteiger partial charge in [-0.2, -0.15) is 5.10 Å². The molecule has 1 amide bonds. The van der Waals surface area contributed by atoms with Gasteiger partial charge in [-0.05, 0) is 23.8 Å². The monoisotopic (exact) mass is 342 g/mol. The molecular formula is C17H15ClN4O2. The Morgan fingerprint density at radius 3 is 2.67 bits per heavy atom. The van der Waals surface area contributed by atoms with Crippen LogP contribution in [0.2, 0.25) is 5.02 Å². The summed E-state index contributed by atoms with van der Waals surface area (Å²) < 4.78 is 1.63. The van der Waals surface area contributed by atoms with Gasteiger partial charge in [-0.3, -0.25) is 19.7 Å². The van der Waals surface area contributed by atoms with Crippen molar-refractivity contribution in [1.82, 2.24) is 20.6 Å². The van der Waals surface area contributed by atoms with Gasteiger partial charge in [0.25, 0.3) is 5.91 Å². The van der Waals surface area contributed by atoms with Crippen molar-refractivity contribution in [3.05, 3.63) is 75.0 Å². The largest absolute Gasteiger partial charge is 0.289 e. The Bertz CT molecular complexity index is 954. The first-order valence-electron chi connectivity index (χ1n) is 7.31. The Hall–Kier alpha value is -2.70. The number of nitrogens with zero attached hydrogens (tertiary/aromatic N) is 2. The molecule has 0 bridgehead atoms. The molecule has 24 heavy (non-hydrogen) atoms. The van der Waals surface area contributed by atoms with Gasteiger partial charge in [-0.15, -0.1) is 0 Å². The minimum atomic E-state index is -0.591. The molecular weight excluding hydrogens is 328 g/mol. The number of fused-ring (bicyclic) bond motifs is 1. The summed E-state index contributed by atoms with van der Waals surface area (Å²) in [4.78, 5) is 24.7. The van der Waals surface area contributed by atoms with Crippen molar-refractivity contribution in [2.75, 3.05) is 7.05 Å². The number of hydrogen-bond acceptors (Lipinski definition) is 4. The topological polar surface area (TPSA) is 76.0 Å². The Morgan fingerprint density at radius 2 is 1.96 bits per heavy atom. The van der Waals surface area contributed by atoms with E-state index in [0.717, 1.165) is 5.56 Å². The summed E-state index contributed by atoms with van der Waals surface area (Å²) in [6.45, 7) is 0.430. The summed E-state index contributed by atoms with van der Waals surface area (Å²) >= 11 is 6.01. The van der Waals surface area contributed by atoms with Crippen molar-refractivity contribution in [3.63, 3.8) is 0 Å². The van der Waals surface area contributed by atoms with E-state index >= 15 is 0 Å². The fourth-order valence-corrected chi connectivity index (χ4v) is 2.63. The van der Waals surface area contributed by atoms with Gasteiger partial charge in [0.05, 0.1) is 17.4 Å². The number of hydrazine groups is 1. The minimum Gasteiger partial charge on any atom is -0.286 e. The van der Waals surface area contributed by atoms with Crippen LogP contribution in [0.15, 0.2) is 53.3 Å². The van der Waals surface area contributed by atoms with E-state index in [2.05, 4.69) is 16.0 Å². The number of hydrogen-bond donors (Lipinski definition) is 2. The molecule has 1 aromatic heterocycles. The zero-order valence-corrected chi connectivity index (χ0v) is 13.7. The highest BCUT2D eigenvalue weighted by Crippen LogP contribution is 2.17. The van der Waals surface area contributed by atoms with Crippen molar-refractivity contribution >= 4 is 28.4 Å². The highest BCUT2D eigenvalue weighted by molar-refractivity contribution is 6.31. The standard InChI is InChI=1S/C17H15ClN4O2/c1-19-20-17(24)15-16(23)13-9-12(18)7-8-14(13)22(21-15)10-11-5-3-2-4-6-11/h2-9,19H,10H2,1H3,(H,20,24). The number of carbonyl (C=O) groups is 1. The summed E-state index contributed by atoms with van der Waals surface area (Å²) in [6.07, 6.45) is 0.